The number of aliphatic carboxylic acids is 1. The average molecular weight is 265 g/mol. The van der Waals surface area contributed by atoms with Crippen LogP contribution in [0.1, 0.15) is 58.3 Å². The van der Waals surface area contributed by atoms with Crippen molar-refractivity contribution in [2.45, 2.75) is 64.3 Å². The fourth-order valence-electron chi connectivity index (χ4n) is 4.75. The van der Waals surface area contributed by atoms with Crippen LogP contribution in [0, 0.1) is 17.3 Å². The molecule has 19 heavy (non-hydrogen) atoms. The molecule has 2 aliphatic carbocycles. The second-order valence-electron chi connectivity index (χ2n) is 7.07. The first-order valence-electron chi connectivity index (χ1n) is 8.14. The standard InChI is InChI=1S/C16H27NO2/c1-2-7-16(15(18)19)8-4-9-17(11-16)14-6-3-5-12-10-13(12)14/h12-14H,2-11H2,1H3,(H,18,19). The van der Waals surface area contributed by atoms with E-state index in [2.05, 4.69) is 11.8 Å². The summed E-state index contributed by atoms with van der Waals surface area (Å²) in [5, 5.41) is 9.69. The number of hydrogen-bond acceptors (Lipinski definition) is 2. The molecule has 0 amide bonds. The fourth-order valence-corrected chi connectivity index (χ4v) is 4.75. The predicted molar refractivity (Wildman–Crippen MR) is 75.0 cm³/mol. The maximum absolute atomic E-state index is 11.8. The van der Waals surface area contributed by atoms with E-state index in [1.165, 1.54) is 25.7 Å². The lowest BCUT2D eigenvalue weighted by Crippen LogP contribution is -2.52. The zero-order valence-corrected chi connectivity index (χ0v) is 12.1. The van der Waals surface area contributed by atoms with Gasteiger partial charge in [0.1, 0.15) is 0 Å². The zero-order chi connectivity index (χ0) is 13.5. The summed E-state index contributed by atoms with van der Waals surface area (Å²) >= 11 is 0. The number of carbonyl (C=O) groups is 1. The number of nitrogens with zero attached hydrogens (tertiary/aromatic N) is 1. The molecular weight excluding hydrogens is 238 g/mol. The van der Waals surface area contributed by atoms with Gasteiger partial charge < -0.3 is 5.11 Å². The van der Waals surface area contributed by atoms with Crippen molar-refractivity contribution in [3.05, 3.63) is 0 Å². The highest BCUT2D eigenvalue weighted by Crippen LogP contribution is 2.52. The Kier molecular flexibility index (Phi) is 3.59. The van der Waals surface area contributed by atoms with Gasteiger partial charge >= 0.3 is 5.97 Å². The van der Waals surface area contributed by atoms with Gasteiger partial charge in [0.25, 0.3) is 0 Å². The molecular formula is C16H27NO2. The van der Waals surface area contributed by atoms with Crippen molar-refractivity contribution >= 4 is 5.97 Å². The summed E-state index contributed by atoms with van der Waals surface area (Å²) in [5.41, 5.74) is -0.450. The minimum atomic E-state index is -0.554. The van der Waals surface area contributed by atoms with Crippen LogP contribution in [0.4, 0.5) is 0 Å². The first kappa shape index (κ1) is 13.4. The van der Waals surface area contributed by atoms with E-state index in [0.29, 0.717) is 6.04 Å². The molecule has 1 saturated heterocycles. The van der Waals surface area contributed by atoms with Gasteiger partial charge in [0.05, 0.1) is 5.41 Å². The Bertz CT molecular complexity index is 353. The molecule has 0 spiro atoms. The summed E-state index contributed by atoms with van der Waals surface area (Å²) in [6.45, 7) is 4.05. The molecule has 108 valence electrons. The Hall–Kier alpha value is -0.570. The van der Waals surface area contributed by atoms with Gasteiger partial charge in [-0.2, -0.15) is 0 Å². The van der Waals surface area contributed by atoms with Gasteiger partial charge in [-0.05, 0) is 50.5 Å². The quantitative estimate of drug-likeness (QED) is 0.849. The van der Waals surface area contributed by atoms with Crippen molar-refractivity contribution in [2.24, 2.45) is 17.3 Å². The van der Waals surface area contributed by atoms with Crippen LogP contribution in [0.2, 0.25) is 0 Å². The van der Waals surface area contributed by atoms with Crippen LogP contribution in [-0.2, 0) is 4.79 Å². The monoisotopic (exact) mass is 265 g/mol. The molecule has 1 aliphatic heterocycles. The van der Waals surface area contributed by atoms with Gasteiger partial charge in [-0.15, -0.1) is 0 Å². The average Bonchev–Trinajstić information content (AvgIpc) is 3.18. The molecule has 4 atom stereocenters. The van der Waals surface area contributed by atoms with Crippen molar-refractivity contribution in [3.8, 4) is 0 Å². The molecule has 3 nitrogen and oxygen atoms in total. The summed E-state index contributed by atoms with van der Waals surface area (Å²) in [7, 11) is 0. The van der Waals surface area contributed by atoms with Crippen molar-refractivity contribution < 1.29 is 9.90 Å². The molecule has 4 unspecified atom stereocenters. The van der Waals surface area contributed by atoms with Crippen LogP contribution in [0.5, 0.6) is 0 Å². The van der Waals surface area contributed by atoms with Gasteiger partial charge in [0.2, 0.25) is 0 Å². The lowest BCUT2D eigenvalue weighted by atomic mass is 9.75. The van der Waals surface area contributed by atoms with Gasteiger partial charge in [-0.1, -0.05) is 26.2 Å². The van der Waals surface area contributed by atoms with Crippen LogP contribution in [-0.4, -0.2) is 35.1 Å². The Morgan fingerprint density at radius 3 is 2.95 bits per heavy atom. The molecule has 3 heteroatoms. The Morgan fingerprint density at radius 1 is 1.37 bits per heavy atom. The number of rotatable bonds is 4. The molecule has 1 heterocycles. The van der Waals surface area contributed by atoms with Crippen molar-refractivity contribution in [3.63, 3.8) is 0 Å². The summed E-state index contributed by atoms with van der Waals surface area (Å²) in [6.07, 6.45) is 9.28. The van der Waals surface area contributed by atoms with Gasteiger partial charge in [-0.3, -0.25) is 9.69 Å². The number of carboxylic acids is 1. The normalized spacial score (nSPS) is 42.7. The Balaban J connectivity index is 1.71. The SMILES string of the molecule is CCCC1(C(=O)O)CCCN(C2CCCC3CC32)C1. The smallest absolute Gasteiger partial charge is 0.310 e. The minimum Gasteiger partial charge on any atom is -0.481 e. The van der Waals surface area contributed by atoms with E-state index in [-0.39, 0.29) is 0 Å². The Morgan fingerprint density at radius 2 is 2.21 bits per heavy atom. The maximum atomic E-state index is 11.8. The summed E-state index contributed by atoms with van der Waals surface area (Å²) in [5.74, 6) is 1.33. The number of carboxylic acid groups (broad SMARTS) is 1. The van der Waals surface area contributed by atoms with Crippen molar-refractivity contribution in [1.29, 1.82) is 0 Å². The third-order valence-electron chi connectivity index (χ3n) is 5.80. The first-order valence-corrected chi connectivity index (χ1v) is 8.14. The van der Waals surface area contributed by atoms with E-state index in [0.717, 1.165) is 50.6 Å². The van der Waals surface area contributed by atoms with E-state index >= 15 is 0 Å². The van der Waals surface area contributed by atoms with E-state index in [1.807, 2.05) is 0 Å². The van der Waals surface area contributed by atoms with E-state index in [4.69, 9.17) is 0 Å². The minimum absolute atomic E-state index is 0.450. The molecule has 3 rings (SSSR count). The van der Waals surface area contributed by atoms with E-state index < -0.39 is 11.4 Å². The number of likely N-dealkylation sites (tertiary alicyclic amines) is 1. The highest BCUT2D eigenvalue weighted by atomic mass is 16.4. The molecule has 0 aromatic heterocycles. The third kappa shape index (κ3) is 2.42. The summed E-state index contributed by atoms with van der Waals surface area (Å²) in [4.78, 5) is 14.3. The second kappa shape index (κ2) is 5.08. The molecule has 0 radical (unpaired) electrons. The topological polar surface area (TPSA) is 40.5 Å². The van der Waals surface area contributed by atoms with Crippen LogP contribution in [0.15, 0.2) is 0 Å². The largest absolute Gasteiger partial charge is 0.481 e. The van der Waals surface area contributed by atoms with Gasteiger partial charge in [0, 0.05) is 12.6 Å². The van der Waals surface area contributed by atoms with E-state index in [9.17, 15) is 9.90 Å². The molecule has 3 aliphatic rings. The first-order chi connectivity index (χ1) is 9.16. The number of hydrogen-bond donors (Lipinski definition) is 1. The molecule has 0 bridgehead atoms. The molecule has 2 saturated carbocycles. The van der Waals surface area contributed by atoms with Crippen molar-refractivity contribution in [1.82, 2.24) is 4.90 Å². The van der Waals surface area contributed by atoms with Crippen LogP contribution >= 0.6 is 0 Å². The molecule has 1 N–H and O–H groups in total. The highest BCUT2D eigenvalue weighted by molar-refractivity contribution is 5.75. The lowest BCUT2D eigenvalue weighted by Gasteiger charge is -2.44. The van der Waals surface area contributed by atoms with E-state index in [1.54, 1.807) is 0 Å². The maximum Gasteiger partial charge on any atom is 0.310 e. The zero-order valence-electron chi connectivity index (χ0n) is 12.1. The lowest BCUT2D eigenvalue weighted by molar-refractivity contribution is -0.154. The fraction of sp³-hybridized carbons (Fsp3) is 0.938. The van der Waals surface area contributed by atoms with Crippen molar-refractivity contribution in [2.75, 3.05) is 13.1 Å². The molecule has 0 aromatic carbocycles. The molecule has 0 aromatic rings. The number of piperidine rings is 1. The third-order valence-corrected chi connectivity index (χ3v) is 5.80. The predicted octanol–water partition coefficient (Wildman–Crippen LogP) is 3.14. The van der Waals surface area contributed by atoms with Gasteiger partial charge in [-0.25, -0.2) is 0 Å². The summed E-state index contributed by atoms with van der Waals surface area (Å²) in [6, 6.07) is 0.703. The molecule has 3 fully saturated rings. The Labute approximate surface area is 116 Å². The number of fused-ring (bicyclic) bond motifs is 1. The van der Waals surface area contributed by atoms with Gasteiger partial charge in [0.15, 0.2) is 0 Å². The second-order valence-corrected chi connectivity index (χ2v) is 7.07. The van der Waals surface area contributed by atoms with Crippen LogP contribution < -0.4 is 0 Å². The van der Waals surface area contributed by atoms with Crippen LogP contribution in [0.3, 0.4) is 0 Å². The summed E-state index contributed by atoms with van der Waals surface area (Å²) < 4.78 is 0. The van der Waals surface area contributed by atoms with Crippen LogP contribution in [0.25, 0.3) is 0 Å². The highest BCUT2D eigenvalue weighted by Gasteiger charge is 2.50.